The molecule has 0 unspecified atom stereocenters. The van der Waals surface area contributed by atoms with Crippen LogP contribution in [0.15, 0.2) is 30.3 Å². The minimum atomic E-state index is -3.03. The van der Waals surface area contributed by atoms with Crippen LogP contribution in [0, 0.1) is 6.92 Å². The molecule has 1 atom stereocenters. The predicted octanol–water partition coefficient (Wildman–Crippen LogP) is 0.493. The fourth-order valence-corrected chi connectivity index (χ4v) is 4.19. The number of nitrogens with zero attached hydrogens (tertiary/aromatic N) is 3. The van der Waals surface area contributed by atoms with Crippen molar-refractivity contribution in [2.24, 2.45) is 0 Å². The van der Waals surface area contributed by atoms with Gasteiger partial charge in [0.1, 0.15) is 0 Å². The number of para-hydroxylation sites is 1. The van der Waals surface area contributed by atoms with Gasteiger partial charge in [0.2, 0.25) is 0 Å². The molecule has 3 rings (SSSR count). The van der Waals surface area contributed by atoms with Crippen molar-refractivity contribution in [3.63, 3.8) is 0 Å². The Morgan fingerprint density at radius 2 is 2.05 bits per heavy atom. The maximum absolute atomic E-state index is 12.3. The Bertz CT molecular complexity index is 799. The van der Waals surface area contributed by atoms with Crippen LogP contribution in [0.4, 0.5) is 0 Å². The van der Waals surface area contributed by atoms with Gasteiger partial charge in [0, 0.05) is 6.04 Å². The Balaban J connectivity index is 1.78. The highest BCUT2D eigenvalue weighted by Gasteiger charge is 2.30. The van der Waals surface area contributed by atoms with Gasteiger partial charge in [-0.25, -0.2) is 13.1 Å². The quantitative estimate of drug-likeness (QED) is 0.888. The Kier molecular flexibility index (Phi) is 3.69. The standard InChI is InChI=1S/C14H16N4O3S/c1-10-13(14(19)15-11-7-8-22(20,21)9-11)16-17-18(10)12-5-3-2-4-6-12/h2-6,11H,7-9H2,1H3,(H,15,19)/t11-/m1/s1. The van der Waals surface area contributed by atoms with Crippen LogP contribution in [0.25, 0.3) is 5.69 Å². The average molecular weight is 320 g/mol. The number of sulfone groups is 1. The molecule has 0 spiro atoms. The number of carbonyl (C=O) groups excluding carboxylic acids is 1. The zero-order valence-corrected chi connectivity index (χ0v) is 12.9. The van der Waals surface area contributed by atoms with E-state index in [1.54, 1.807) is 11.6 Å². The maximum Gasteiger partial charge on any atom is 0.274 e. The van der Waals surface area contributed by atoms with Crippen molar-refractivity contribution in [1.29, 1.82) is 0 Å². The number of hydrogen-bond donors (Lipinski definition) is 1. The number of aromatic nitrogens is 3. The van der Waals surface area contributed by atoms with E-state index in [9.17, 15) is 13.2 Å². The maximum atomic E-state index is 12.3. The van der Waals surface area contributed by atoms with E-state index in [4.69, 9.17) is 0 Å². The van der Waals surface area contributed by atoms with Crippen molar-refractivity contribution < 1.29 is 13.2 Å². The van der Waals surface area contributed by atoms with Gasteiger partial charge in [-0.15, -0.1) is 5.10 Å². The number of amides is 1. The summed E-state index contributed by atoms with van der Waals surface area (Å²) in [6, 6.07) is 9.03. The first kappa shape index (κ1) is 14.7. The van der Waals surface area contributed by atoms with Gasteiger partial charge in [-0.2, -0.15) is 0 Å². The molecule has 8 heteroatoms. The van der Waals surface area contributed by atoms with Gasteiger partial charge >= 0.3 is 0 Å². The molecule has 0 aliphatic carbocycles. The molecule has 116 valence electrons. The molecule has 0 bridgehead atoms. The van der Waals surface area contributed by atoms with E-state index >= 15 is 0 Å². The highest BCUT2D eigenvalue weighted by molar-refractivity contribution is 7.91. The summed E-state index contributed by atoms with van der Waals surface area (Å²) >= 11 is 0. The molecule has 2 aromatic rings. The largest absolute Gasteiger partial charge is 0.347 e. The topological polar surface area (TPSA) is 93.9 Å². The summed E-state index contributed by atoms with van der Waals surface area (Å²) in [5, 5.41) is 10.6. The van der Waals surface area contributed by atoms with Crippen molar-refractivity contribution in [3.05, 3.63) is 41.7 Å². The second kappa shape index (κ2) is 5.53. The molecule has 1 N–H and O–H groups in total. The Morgan fingerprint density at radius 3 is 2.68 bits per heavy atom. The lowest BCUT2D eigenvalue weighted by atomic mass is 10.2. The molecule has 1 aliphatic rings. The monoisotopic (exact) mass is 320 g/mol. The summed E-state index contributed by atoms with van der Waals surface area (Å²) in [7, 11) is -3.03. The van der Waals surface area contributed by atoms with Gasteiger partial charge in [-0.1, -0.05) is 23.4 Å². The smallest absolute Gasteiger partial charge is 0.274 e. The Morgan fingerprint density at radius 1 is 1.32 bits per heavy atom. The number of hydrogen-bond acceptors (Lipinski definition) is 5. The molecule has 22 heavy (non-hydrogen) atoms. The van der Waals surface area contributed by atoms with Crippen LogP contribution in [-0.2, 0) is 9.84 Å². The fraction of sp³-hybridized carbons (Fsp3) is 0.357. The molecular formula is C14H16N4O3S. The molecule has 1 amide bonds. The van der Waals surface area contributed by atoms with Crippen molar-refractivity contribution in [1.82, 2.24) is 20.3 Å². The van der Waals surface area contributed by atoms with E-state index in [1.165, 1.54) is 0 Å². The van der Waals surface area contributed by atoms with Crippen LogP contribution in [0.1, 0.15) is 22.6 Å². The van der Waals surface area contributed by atoms with Gasteiger partial charge < -0.3 is 5.32 Å². The summed E-state index contributed by atoms with van der Waals surface area (Å²) in [4.78, 5) is 12.3. The van der Waals surface area contributed by atoms with Crippen LogP contribution in [0.2, 0.25) is 0 Å². The lowest BCUT2D eigenvalue weighted by Gasteiger charge is -2.09. The third-order valence-corrected chi connectivity index (χ3v) is 5.45. The zero-order chi connectivity index (χ0) is 15.7. The Hall–Kier alpha value is -2.22. The summed E-state index contributed by atoms with van der Waals surface area (Å²) < 4.78 is 24.4. The van der Waals surface area contributed by atoms with Crippen LogP contribution >= 0.6 is 0 Å². The summed E-state index contributed by atoms with van der Waals surface area (Å²) in [5.41, 5.74) is 1.65. The first-order chi connectivity index (χ1) is 10.5. The van der Waals surface area contributed by atoms with Gasteiger partial charge in [-0.05, 0) is 25.5 Å². The van der Waals surface area contributed by atoms with Gasteiger partial charge in [-0.3, -0.25) is 4.79 Å². The number of carbonyl (C=O) groups is 1. The van der Waals surface area contributed by atoms with Crippen LogP contribution in [0.5, 0.6) is 0 Å². The molecule has 1 aromatic carbocycles. The van der Waals surface area contributed by atoms with Gasteiger partial charge in [0.05, 0.1) is 22.9 Å². The van der Waals surface area contributed by atoms with E-state index in [2.05, 4.69) is 15.6 Å². The van der Waals surface area contributed by atoms with Crippen molar-refractivity contribution >= 4 is 15.7 Å². The normalized spacial score (nSPS) is 20.0. The number of benzene rings is 1. The van der Waals surface area contributed by atoms with Crippen molar-refractivity contribution in [2.75, 3.05) is 11.5 Å². The lowest BCUT2D eigenvalue weighted by Crippen LogP contribution is -2.36. The molecule has 1 aliphatic heterocycles. The second-order valence-electron chi connectivity index (χ2n) is 5.34. The van der Waals surface area contributed by atoms with Gasteiger partial charge in [0.15, 0.2) is 15.5 Å². The lowest BCUT2D eigenvalue weighted by molar-refractivity contribution is 0.0935. The summed E-state index contributed by atoms with van der Waals surface area (Å²) in [5.74, 6) is -0.278. The minimum Gasteiger partial charge on any atom is -0.347 e. The first-order valence-corrected chi connectivity index (χ1v) is 8.77. The van der Waals surface area contributed by atoms with E-state index in [1.807, 2.05) is 30.3 Å². The molecule has 1 aromatic heterocycles. The predicted molar refractivity (Wildman–Crippen MR) is 80.6 cm³/mol. The average Bonchev–Trinajstić information content (AvgIpc) is 3.02. The summed E-state index contributed by atoms with van der Waals surface area (Å²) in [6.07, 6.45) is 0.444. The molecular weight excluding hydrogens is 304 g/mol. The van der Waals surface area contributed by atoms with E-state index in [0.717, 1.165) is 5.69 Å². The number of nitrogens with one attached hydrogen (secondary N) is 1. The van der Waals surface area contributed by atoms with Gasteiger partial charge in [0.25, 0.3) is 5.91 Å². The third-order valence-electron chi connectivity index (χ3n) is 3.68. The molecule has 7 nitrogen and oxygen atoms in total. The fourth-order valence-electron chi connectivity index (χ4n) is 2.52. The summed E-state index contributed by atoms with van der Waals surface area (Å²) in [6.45, 7) is 1.76. The van der Waals surface area contributed by atoms with Crippen molar-refractivity contribution in [2.45, 2.75) is 19.4 Å². The number of rotatable bonds is 3. The van der Waals surface area contributed by atoms with Crippen LogP contribution in [0.3, 0.4) is 0 Å². The first-order valence-electron chi connectivity index (χ1n) is 6.95. The molecule has 1 saturated heterocycles. The molecule has 0 radical (unpaired) electrons. The molecule has 2 heterocycles. The van der Waals surface area contributed by atoms with E-state index in [-0.39, 0.29) is 29.1 Å². The van der Waals surface area contributed by atoms with Crippen LogP contribution < -0.4 is 5.32 Å². The van der Waals surface area contributed by atoms with Crippen LogP contribution in [-0.4, -0.2) is 46.9 Å². The highest BCUT2D eigenvalue weighted by atomic mass is 32.2. The zero-order valence-electron chi connectivity index (χ0n) is 12.1. The molecule has 1 fully saturated rings. The third kappa shape index (κ3) is 2.87. The van der Waals surface area contributed by atoms with E-state index in [0.29, 0.717) is 12.1 Å². The minimum absolute atomic E-state index is 0.00932. The molecule has 0 saturated carbocycles. The second-order valence-corrected chi connectivity index (χ2v) is 7.57. The SMILES string of the molecule is Cc1c(C(=O)N[C@@H]2CCS(=O)(=O)C2)nnn1-c1ccccc1. The van der Waals surface area contributed by atoms with Crippen molar-refractivity contribution in [3.8, 4) is 5.69 Å². The highest BCUT2D eigenvalue weighted by Crippen LogP contribution is 2.14. The Labute approximate surface area is 128 Å². The van der Waals surface area contributed by atoms with E-state index < -0.39 is 9.84 Å².